The van der Waals surface area contributed by atoms with Crippen LogP contribution in [0.1, 0.15) is 30.0 Å². The lowest BCUT2D eigenvalue weighted by Crippen LogP contribution is -2.33. The minimum Gasteiger partial charge on any atom is -0.282 e. The Kier molecular flexibility index (Phi) is 2.47. The monoisotopic (exact) mass is 248 g/mol. The van der Waals surface area contributed by atoms with Crippen molar-refractivity contribution in [3.05, 3.63) is 41.6 Å². The van der Waals surface area contributed by atoms with Gasteiger partial charge in [0.25, 0.3) is 0 Å². The average Bonchev–Trinajstić information content (AvgIpc) is 2.76. The molecule has 0 bridgehead atoms. The van der Waals surface area contributed by atoms with Gasteiger partial charge in [-0.2, -0.15) is 5.10 Å². The molecule has 18 heavy (non-hydrogen) atoms. The first kappa shape index (κ1) is 11.4. The summed E-state index contributed by atoms with van der Waals surface area (Å²) in [5.41, 5.74) is 3.83. The van der Waals surface area contributed by atoms with E-state index >= 15 is 0 Å². The van der Waals surface area contributed by atoms with Crippen LogP contribution in [0.2, 0.25) is 0 Å². The number of hydrogen-bond acceptors (Lipinski definition) is 1. The first-order valence-electron chi connectivity index (χ1n) is 6.04. The summed E-state index contributed by atoms with van der Waals surface area (Å²) >= 11 is 0. The number of aromatic nitrogens is 2. The van der Waals surface area contributed by atoms with Gasteiger partial charge in [0.1, 0.15) is 0 Å². The Hall–Kier alpha value is -1.71. The number of hydrogen-bond donors (Lipinski definition) is 1. The van der Waals surface area contributed by atoms with Crippen molar-refractivity contribution >= 4 is 0 Å². The summed E-state index contributed by atoms with van der Waals surface area (Å²) in [4.78, 5) is 0. The molecule has 1 aromatic heterocycles. The summed E-state index contributed by atoms with van der Waals surface area (Å²) in [5.74, 6) is -2.56. The molecule has 1 heterocycles. The van der Waals surface area contributed by atoms with Crippen LogP contribution < -0.4 is 0 Å². The lowest BCUT2D eigenvalue weighted by molar-refractivity contribution is -0.0876. The number of rotatable bonds is 2. The Morgan fingerprint density at radius 3 is 2.50 bits per heavy atom. The van der Waals surface area contributed by atoms with Gasteiger partial charge in [-0.25, -0.2) is 8.78 Å². The molecule has 1 saturated carbocycles. The molecule has 2 aromatic rings. The lowest BCUT2D eigenvalue weighted by atomic mass is 9.79. The number of nitrogens with one attached hydrogen (secondary N) is 1. The van der Waals surface area contributed by atoms with Crippen molar-refractivity contribution in [1.29, 1.82) is 0 Å². The second kappa shape index (κ2) is 3.90. The summed E-state index contributed by atoms with van der Waals surface area (Å²) in [6.07, 6.45) is -0.134. The van der Waals surface area contributed by atoms with Crippen molar-refractivity contribution < 1.29 is 8.78 Å². The van der Waals surface area contributed by atoms with Gasteiger partial charge < -0.3 is 0 Å². The Morgan fingerprint density at radius 1 is 1.22 bits per heavy atom. The van der Waals surface area contributed by atoms with Crippen molar-refractivity contribution in [1.82, 2.24) is 10.2 Å². The van der Waals surface area contributed by atoms with Gasteiger partial charge in [-0.15, -0.1) is 0 Å². The number of aromatic amines is 1. The van der Waals surface area contributed by atoms with Gasteiger partial charge in [0.2, 0.25) is 5.92 Å². The van der Waals surface area contributed by atoms with Crippen molar-refractivity contribution in [3.8, 4) is 11.3 Å². The summed E-state index contributed by atoms with van der Waals surface area (Å²) in [5, 5.41) is 7.07. The topological polar surface area (TPSA) is 28.7 Å². The summed E-state index contributed by atoms with van der Waals surface area (Å²) in [6.45, 7) is 2.02. The van der Waals surface area contributed by atoms with Crippen LogP contribution in [0.25, 0.3) is 11.3 Å². The third-order valence-corrected chi connectivity index (χ3v) is 3.47. The average molecular weight is 248 g/mol. The fraction of sp³-hybridized carbons (Fsp3) is 0.357. The molecule has 3 rings (SSSR count). The summed E-state index contributed by atoms with van der Waals surface area (Å²) in [6, 6.07) is 9.89. The van der Waals surface area contributed by atoms with Gasteiger partial charge in [-0.05, 0) is 13.0 Å². The molecule has 0 saturated heterocycles. The smallest absolute Gasteiger partial charge is 0.249 e. The van der Waals surface area contributed by atoms with Crippen LogP contribution in [0.4, 0.5) is 8.78 Å². The van der Waals surface area contributed by atoms with Gasteiger partial charge >= 0.3 is 0 Å². The largest absolute Gasteiger partial charge is 0.282 e. The van der Waals surface area contributed by atoms with Gasteiger partial charge in [-0.1, -0.05) is 29.8 Å². The van der Waals surface area contributed by atoms with Crippen LogP contribution in [-0.2, 0) is 0 Å². The zero-order valence-corrected chi connectivity index (χ0v) is 10.1. The molecule has 1 aromatic carbocycles. The molecule has 1 aliphatic carbocycles. The van der Waals surface area contributed by atoms with Gasteiger partial charge in [0.15, 0.2) is 0 Å². The minimum absolute atomic E-state index is 0.0669. The van der Waals surface area contributed by atoms with E-state index in [1.807, 2.05) is 37.3 Å². The molecule has 1 aliphatic rings. The van der Waals surface area contributed by atoms with Gasteiger partial charge in [-0.3, -0.25) is 5.10 Å². The number of benzene rings is 1. The molecule has 1 N–H and O–H groups in total. The number of alkyl halides is 2. The summed E-state index contributed by atoms with van der Waals surface area (Å²) < 4.78 is 25.6. The van der Waals surface area contributed by atoms with E-state index in [4.69, 9.17) is 0 Å². The molecule has 94 valence electrons. The maximum atomic E-state index is 12.8. The number of H-pyrrole nitrogens is 1. The maximum Gasteiger partial charge on any atom is 0.249 e. The van der Waals surface area contributed by atoms with Crippen molar-refractivity contribution in [2.75, 3.05) is 0 Å². The van der Waals surface area contributed by atoms with E-state index in [0.717, 1.165) is 17.0 Å². The Labute approximate surface area is 104 Å². The van der Waals surface area contributed by atoms with Crippen LogP contribution in [-0.4, -0.2) is 16.1 Å². The highest BCUT2D eigenvalue weighted by atomic mass is 19.3. The van der Waals surface area contributed by atoms with Crippen LogP contribution >= 0.6 is 0 Å². The zero-order valence-electron chi connectivity index (χ0n) is 10.1. The Morgan fingerprint density at radius 2 is 1.89 bits per heavy atom. The molecule has 0 aliphatic heterocycles. The molecule has 0 atom stereocenters. The quantitative estimate of drug-likeness (QED) is 0.858. The second-order valence-electron chi connectivity index (χ2n) is 5.04. The van der Waals surface area contributed by atoms with Crippen molar-refractivity contribution in [3.63, 3.8) is 0 Å². The van der Waals surface area contributed by atoms with E-state index in [1.165, 1.54) is 5.56 Å². The molecule has 0 radical (unpaired) electrons. The number of halogens is 2. The second-order valence-corrected chi connectivity index (χ2v) is 5.04. The molecular weight excluding hydrogens is 234 g/mol. The van der Waals surface area contributed by atoms with Gasteiger partial charge in [0.05, 0.1) is 5.69 Å². The number of nitrogens with zero attached hydrogens (tertiary/aromatic N) is 1. The molecule has 1 fully saturated rings. The predicted molar refractivity (Wildman–Crippen MR) is 65.7 cm³/mol. The maximum absolute atomic E-state index is 12.8. The Balaban J connectivity index is 1.80. The van der Waals surface area contributed by atoms with Crippen LogP contribution in [0.3, 0.4) is 0 Å². The first-order valence-corrected chi connectivity index (χ1v) is 6.04. The third kappa shape index (κ3) is 2.03. The first-order chi connectivity index (χ1) is 8.53. The Bertz CT molecular complexity index is 549. The highest BCUT2D eigenvalue weighted by Gasteiger charge is 2.46. The SMILES string of the molecule is Cc1ccc(-c2cc(C3CC(F)(F)C3)[nH]n2)cc1. The van der Waals surface area contributed by atoms with E-state index in [1.54, 1.807) is 0 Å². The molecule has 2 nitrogen and oxygen atoms in total. The summed E-state index contributed by atoms with van der Waals surface area (Å²) in [7, 11) is 0. The van der Waals surface area contributed by atoms with Crippen molar-refractivity contribution in [2.45, 2.75) is 31.6 Å². The van der Waals surface area contributed by atoms with E-state index < -0.39 is 5.92 Å². The predicted octanol–water partition coefficient (Wildman–Crippen LogP) is 3.90. The fourth-order valence-corrected chi connectivity index (χ4v) is 2.30. The standard InChI is InChI=1S/C14H14F2N2/c1-9-2-4-10(5-3-9)12-6-13(18-17-12)11-7-14(15,16)8-11/h2-6,11H,7-8H2,1H3,(H,17,18). The molecule has 4 heteroatoms. The van der Waals surface area contributed by atoms with E-state index in [9.17, 15) is 8.78 Å². The van der Waals surface area contributed by atoms with E-state index in [-0.39, 0.29) is 18.8 Å². The molecule has 0 amide bonds. The zero-order chi connectivity index (χ0) is 12.8. The van der Waals surface area contributed by atoms with E-state index in [0.29, 0.717) is 0 Å². The molecular formula is C14H14F2N2. The molecule has 0 spiro atoms. The van der Waals surface area contributed by atoms with Crippen LogP contribution in [0.5, 0.6) is 0 Å². The normalized spacial score (nSPS) is 18.6. The highest BCUT2D eigenvalue weighted by Crippen LogP contribution is 2.48. The third-order valence-electron chi connectivity index (χ3n) is 3.47. The highest BCUT2D eigenvalue weighted by molar-refractivity contribution is 5.59. The van der Waals surface area contributed by atoms with E-state index in [2.05, 4.69) is 10.2 Å². The van der Waals surface area contributed by atoms with Gasteiger partial charge in [0, 0.05) is 30.0 Å². The van der Waals surface area contributed by atoms with Crippen LogP contribution in [0, 0.1) is 6.92 Å². The minimum atomic E-state index is -2.49. The fourth-order valence-electron chi connectivity index (χ4n) is 2.30. The molecule has 0 unspecified atom stereocenters. The van der Waals surface area contributed by atoms with Crippen molar-refractivity contribution in [2.24, 2.45) is 0 Å². The van der Waals surface area contributed by atoms with Crippen LogP contribution in [0.15, 0.2) is 30.3 Å². The lowest BCUT2D eigenvalue weighted by Gasteiger charge is -2.33. The number of aryl methyl sites for hydroxylation is 1.